The number of aryl methyl sites for hydroxylation is 2. The van der Waals surface area contributed by atoms with Crippen LogP contribution in [-0.4, -0.2) is 31.9 Å². The van der Waals surface area contributed by atoms with Crippen molar-refractivity contribution in [3.63, 3.8) is 0 Å². The fourth-order valence-corrected chi connectivity index (χ4v) is 2.17. The Morgan fingerprint density at radius 1 is 1.00 bits per heavy atom. The monoisotopic (exact) mass is 285 g/mol. The lowest BCUT2D eigenvalue weighted by atomic mass is 10.0. The molecule has 0 fully saturated rings. The molecule has 4 nitrogen and oxygen atoms in total. The molecule has 0 aliphatic heterocycles. The van der Waals surface area contributed by atoms with E-state index in [1.54, 1.807) is 0 Å². The van der Waals surface area contributed by atoms with E-state index in [9.17, 15) is 13.0 Å². The summed E-state index contributed by atoms with van der Waals surface area (Å²) in [6, 6.07) is 6.49. The van der Waals surface area contributed by atoms with Gasteiger partial charge in [0, 0.05) is 0 Å². The molecule has 0 amide bonds. The van der Waals surface area contributed by atoms with Gasteiger partial charge >= 0.3 is 0 Å². The molecule has 0 radical (unpaired) electrons. The second-order valence-electron chi connectivity index (χ2n) is 4.49. The second kappa shape index (κ2) is 7.62. The molecular formula is C14H21O4S-. The van der Waals surface area contributed by atoms with Gasteiger partial charge in [0.1, 0.15) is 0 Å². The molecule has 1 aromatic rings. The first kappa shape index (κ1) is 16.1. The minimum absolute atomic E-state index is 0.0278. The SMILES string of the molecule is CCc1cc(CC)cc(CCOCCS(=O)(=O)[O-])c1. The first-order chi connectivity index (χ1) is 8.94. The zero-order valence-electron chi connectivity index (χ0n) is 11.5. The van der Waals surface area contributed by atoms with Crippen LogP contribution in [0.4, 0.5) is 0 Å². The third-order valence-electron chi connectivity index (χ3n) is 2.94. The first-order valence-corrected chi connectivity index (χ1v) is 8.15. The van der Waals surface area contributed by atoms with Crippen LogP contribution in [0.1, 0.15) is 30.5 Å². The summed E-state index contributed by atoms with van der Waals surface area (Å²) in [4.78, 5) is 0. The number of rotatable bonds is 8. The molecule has 0 atom stereocenters. The molecule has 1 aromatic carbocycles. The van der Waals surface area contributed by atoms with Crippen molar-refractivity contribution >= 4 is 10.1 Å². The zero-order valence-corrected chi connectivity index (χ0v) is 12.3. The highest BCUT2D eigenvalue weighted by molar-refractivity contribution is 7.85. The molecule has 0 spiro atoms. The van der Waals surface area contributed by atoms with Crippen LogP contribution in [0.2, 0.25) is 0 Å². The van der Waals surface area contributed by atoms with Crippen LogP contribution < -0.4 is 0 Å². The first-order valence-electron chi connectivity index (χ1n) is 6.57. The van der Waals surface area contributed by atoms with Crippen molar-refractivity contribution in [1.29, 1.82) is 0 Å². The normalized spacial score (nSPS) is 11.7. The largest absolute Gasteiger partial charge is 0.748 e. The Hall–Kier alpha value is -0.910. The van der Waals surface area contributed by atoms with E-state index in [0.29, 0.717) is 6.61 Å². The number of ether oxygens (including phenoxy) is 1. The molecule has 108 valence electrons. The second-order valence-corrected chi connectivity index (χ2v) is 6.01. The maximum atomic E-state index is 10.4. The summed E-state index contributed by atoms with van der Waals surface area (Å²) in [7, 11) is -4.17. The quantitative estimate of drug-likeness (QED) is 0.540. The third-order valence-corrected chi connectivity index (χ3v) is 3.61. The summed E-state index contributed by atoms with van der Waals surface area (Å²) in [5.41, 5.74) is 3.80. The molecule has 0 N–H and O–H groups in total. The third kappa shape index (κ3) is 6.71. The van der Waals surface area contributed by atoms with Crippen molar-refractivity contribution in [2.75, 3.05) is 19.0 Å². The smallest absolute Gasteiger partial charge is 0.0968 e. The van der Waals surface area contributed by atoms with Crippen LogP contribution in [0.3, 0.4) is 0 Å². The van der Waals surface area contributed by atoms with Crippen molar-refractivity contribution in [2.24, 2.45) is 0 Å². The maximum Gasteiger partial charge on any atom is 0.0968 e. The lowest BCUT2D eigenvalue weighted by Gasteiger charge is -2.09. The predicted molar refractivity (Wildman–Crippen MR) is 74.3 cm³/mol. The van der Waals surface area contributed by atoms with E-state index in [2.05, 4.69) is 32.0 Å². The van der Waals surface area contributed by atoms with Crippen LogP contribution in [0.25, 0.3) is 0 Å². The number of benzene rings is 1. The van der Waals surface area contributed by atoms with Crippen molar-refractivity contribution in [2.45, 2.75) is 33.1 Å². The van der Waals surface area contributed by atoms with Gasteiger partial charge in [-0.15, -0.1) is 0 Å². The Labute approximate surface area is 115 Å². The Bertz CT molecular complexity index is 472. The van der Waals surface area contributed by atoms with E-state index in [1.165, 1.54) is 16.7 Å². The van der Waals surface area contributed by atoms with Crippen molar-refractivity contribution in [3.05, 3.63) is 34.9 Å². The average Bonchev–Trinajstić information content (AvgIpc) is 2.36. The van der Waals surface area contributed by atoms with Crippen LogP contribution in [0, 0.1) is 0 Å². The fourth-order valence-electron chi connectivity index (χ4n) is 1.85. The topological polar surface area (TPSA) is 66.4 Å². The molecule has 0 bridgehead atoms. The van der Waals surface area contributed by atoms with Crippen molar-refractivity contribution in [1.82, 2.24) is 0 Å². The molecule has 0 unspecified atom stereocenters. The highest BCUT2D eigenvalue weighted by Crippen LogP contribution is 2.12. The molecule has 1 rings (SSSR count). The van der Waals surface area contributed by atoms with Gasteiger partial charge in [0.25, 0.3) is 0 Å². The zero-order chi connectivity index (χ0) is 14.3. The Morgan fingerprint density at radius 2 is 1.53 bits per heavy atom. The summed E-state index contributed by atoms with van der Waals surface area (Å²) in [5, 5.41) is 0. The molecule has 0 heterocycles. The molecule has 0 aliphatic carbocycles. The van der Waals surface area contributed by atoms with Gasteiger partial charge in [-0.1, -0.05) is 32.0 Å². The molecule has 0 saturated carbocycles. The Balaban J connectivity index is 2.44. The predicted octanol–water partition coefficient (Wildman–Crippen LogP) is 1.92. The van der Waals surface area contributed by atoms with Crippen LogP contribution in [0.15, 0.2) is 18.2 Å². The van der Waals surface area contributed by atoms with Crippen molar-refractivity contribution < 1.29 is 17.7 Å². The summed E-state index contributed by atoms with van der Waals surface area (Å²) < 4.78 is 36.4. The van der Waals surface area contributed by atoms with E-state index < -0.39 is 15.9 Å². The number of hydrogen-bond donors (Lipinski definition) is 0. The van der Waals surface area contributed by atoms with Crippen LogP contribution in [0.5, 0.6) is 0 Å². The van der Waals surface area contributed by atoms with E-state index in [-0.39, 0.29) is 6.61 Å². The molecule has 0 saturated heterocycles. The van der Waals surface area contributed by atoms with Gasteiger partial charge in [-0.05, 0) is 36.0 Å². The minimum atomic E-state index is -4.17. The average molecular weight is 285 g/mol. The molecule has 19 heavy (non-hydrogen) atoms. The van der Waals surface area contributed by atoms with E-state index in [0.717, 1.165) is 19.3 Å². The summed E-state index contributed by atoms with van der Waals surface area (Å²) in [6.45, 7) is 4.65. The van der Waals surface area contributed by atoms with Gasteiger partial charge in [0.15, 0.2) is 0 Å². The van der Waals surface area contributed by atoms with Gasteiger partial charge in [-0.25, -0.2) is 8.42 Å². The molecular weight excluding hydrogens is 264 g/mol. The summed E-state index contributed by atoms with van der Waals surface area (Å²) in [6.07, 6.45) is 2.73. The lowest BCUT2D eigenvalue weighted by molar-refractivity contribution is 0.151. The highest BCUT2D eigenvalue weighted by Gasteiger charge is 2.01. The van der Waals surface area contributed by atoms with Gasteiger partial charge < -0.3 is 9.29 Å². The van der Waals surface area contributed by atoms with Gasteiger partial charge in [-0.3, -0.25) is 0 Å². The van der Waals surface area contributed by atoms with Gasteiger partial charge in [0.05, 0.1) is 29.1 Å². The Kier molecular flexibility index (Phi) is 6.48. The Morgan fingerprint density at radius 3 is 2.00 bits per heavy atom. The molecule has 0 aromatic heterocycles. The van der Waals surface area contributed by atoms with Crippen molar-refractivity contribution in [3.8, 4) is 0 Å². The number of hydrogen-bond acceptors (Lipinski definition) is 4. The van der Waals surface area contributed by atoms with E-state index >= 15 is 0 Å². The lowest BCUT2D eigenvalue weighted by Crippen LogP contribution is -2.12. The minimum Gasteiger partial charge on any atom is -0.748 e. The van der Waals surface area contributed by atoms with E-state index in [4.69, 9.17) is 4.74 Å². The maximum absolute atomic E-state index is 10.4. The standard InChI is InChI=1S/C14H22O4S/c1-3-12-9-13(4-2)11-14(10-12)5-6-18-7-8-19(15,16)17/h9-11H,3-8H2,1-2H3,(H,15,16,17)/p-1. The van der Waals surface area contributed by atoms with Crippen LogP contribution in [-0.2, 0) is 34.1 Å². The fraction of sp³-hybridized carbons (Fsp3) is 0.571. The summed E-state index contributed by atoms with van der Waals surface area (Å²) in [5.74, 6) is -0.456. The molecule has 0 aliphatic rings. The van der Waals surface area contributed by atoms with Gasteiger partial charge in [0.2, 0.25) is 0 Å². The highest BCUT2D eigenvalue weighted by atomic mass is 32.2. The van der Waals surface area contributed by atoms with Gasteiger partial charge in [-0.2, -0.15) is 0 Å². The van der Waals surface area contributed by atoms with Crippen LogP contribution >= 0.6 is 0 Å². The molecule has 5 heteroatoms. The van der Waals surface area contributed by atoms with E-state index in [1.807, 2.05) is 0 Å². The summed E-state index contributed by atoms with van der Waals surface area (Å²) >= 11 is 0.